The Morgan fingerprint density at radius 2 is 1.48 bits per heavy atom. The molecule has 2 nitrogen and oxygen atoms in total. The Bertz CT molecular complexity index is 908. The van der Waals surface area contributed by atoms with Crippen molar-refractivity contribution in [2.45, 2.75) is 6.92 Å². The first-order valence-electron chi connectivity index (χ1n) is 7.18. The van der Waals surface area contributed by atoms with Gasteiger partial charge in [0.05, 0.1) is 11.6 Å². The number of nitrogens with zero attached hydrogens (tertiary/aromatic N) is 1. The Kier molecular flexibility index (Phi) is 3.82. The molecular weight excluding hydrogens is 289 g/mol. The van der Waals surface area contributed by atoms with Gasteiger partial charge in [-0.25, -0.2) is 4.39 Å². The van der Waals surface area contributed by atoms with Crippen LogP contribution in [0, 0.1) is 24.1 Å². The number of nitriles is 1. The first-order chi connectivity index (χ1) is 11.1. The number of aryl methyl sites for hydroxylation is 1. The fourth-order valence-corrected chi connectivity index (χ4v) is 2.49. The van der Waals surface area contributed by atoms with Crippen molar-refractivity contribution in [2.24, 2.45) is 0 Å². The summed E-state index contributed by atoms with van der Waals surface area (Å²) in [6, 6.07) is 19.1. The molecule has 0 spiro atoms. The first kappa shape index (κ1) is 14.8. The molecule has 112 valence electrons. The van der Waals surface area contributed by atoms with Gasteiger partial charge in [0.2, 0.25) is 0 Å². The van der Waals surface area contributed by atoms with Gasteiger partial charge >= 0.3 is 0 Å². The zero-order chi connectivity index (χ0) is 16.4. The SMILES string of the molecule is Cc1cc(-c2ccc(-c3ccc(C#N)cc3)c(F)c2)ccc1O. The van der Waals surface area contributed by atoms with E-state index in [1.165, 1.54) is 6.07 Å². The zero-order valence-corrected chi connectivity index (χ0v) is 12.5. The molecule has 0 atom stereocenters. The molecule has 3 aromatic rings. The summed E-state index contributed by atoms with van der Waals surface area (Å²) in [7, 11) is 0. The largest absolute Gasteiger partial charge is 0.508 e. The molecule has 0 radical (unpaired) electrons. The second kappa shape index (κ2) is 5.94. The maximum Gasteiger partial charge on any atom is 0.131 e. The summed E-state index contributed by atoms with van der Waals surface area (Å²) in [5.74, 6) is -0.0960. The number of benzene rings is 3. The molecule has 0 bridgehead atoms. The normalized spacial score (nSPS) is 10.3. The predicted octanol–water partition coefficient (Wildman–Crippen LogP) is 5.05. The summed E-state index contributed by atoms with van der Waals surface area (Å²) in [5, 5.41) is 18.4. The Labute approximate surface area is 134 Å². The highest BCUT2D eigenvalue weighted by Crippen LogP contribution is 2.30. The lowest BCUT2D eigenvalue weighted by Crippen LogP contribution is -1.88. The number of rotatable bonds is 2. The first-order valence-corrected chi connectivity index (χ1v) is 7.18. The summed E-state index contributed by atoms with van der Waals surface area (Å²) in [4.78, 5) is 0. The number of phenolic OH excluding ortho intramolecular Hbond substituents is 1. The molecule has 0 unspecified atom stereocenters. The molecule has 0 aliphatic heterocycles. The number of hydrogen-bond donors (Lipinski definition) is 1. The smallest absolute Gasteiger partial charge is 0.131 e. The zero-order valence-electron chi connectivity index (χ0n) is 12.5. The Morgan fingerprint density at radius 3 is 2.09 bits per heavy atom. The van der Waals surface area contributed by atoms with Gasteiger partial charge in [-0.15, -0.1) is 0 Å². The minimum Gasteiger partial charge on any atom is -0.508 e. The van der Waals surface area contributed by atoms with Gasteiger partial charge in [0.15, 0.2) is 0 Å². The molecule has 0 heterocycles. The van der Waals surface area contributed by atoms with Crippen LogP contribution in [0.4, 0.5) is 4.39 Å². The monoisotopic (exact) mass is 303 g/mol. The van der Waals surface area contributed by atoms with Crippen LogP contribution in [0.25, 0.3) is 22.3 Å². The molecule has 0 amide bonds. The fourth-order valence-electron chi connectivity index (χ4n) is 2.49. The summed E-state index contributed by atoms with van der Waals surface area (Å²) in [5.41, 5.74) is 4.13. The third-order valence-corrected chi connectivity index (χ3v) is 3.82. The van der Waals surface area contributed by atoms with Crippen LogP contribution < -0.4 is 0 Å². The third-order valence-electron chi connectivity index (χ3n) is 3.82. The van der Waals surface area contributed by atoms with E-state index in [1.807, 2.05) is 18.2 Å². The van der Waals surface area contributed by atoms with E-state index in [1.54, 1.807) is 49.4 Å². The van der Waals surface area contributed by atoms with Gasteiger partial charge in [0, 0.05) is 5.56 Å². The van der Waals surface area contributed by atoms with Crippen molar-refractivity contribution in [3.05, 3.63) is 77.6 Å². The quantitative estimate of drug-likeness (QED) is 0.720. The third kappa shape index (κ3) is 2.93. The van der Waals surface area contributed by atoms with Gasteiger partial charge in [0.25, 0.3) is 0 Å². The number of halogens is 1. The van der Waals surface area contributed by atoms with Crippen molar-refractivity contribution in [1.82, 2.24) is 0 Å². The van der Waals surface area contributed by atoms with Crippen LogP contribution in [0.3, 0.4) is 0 Å². The van der Waals surface area contributed by atoms with Crippen LogP contribution in [0.1, 0.15) is 11.1 Å². The second-order valence-electron chi connectivity index (χ2n) is 5.39. The predicted molar refractivity (Wildman–Crippen MR) is 88.4 cm³/mol. The van der Waals surface area contributed by atoms with Crippen molar-refractivity contribution in [1.29, 1.82) is 5.26 Å². The van der Waals surface area contributed by atoms with E-state index in [9.17, 15) is 9.50 Å². The topological polar surface area (TPSA) is 44.0 Å². The molecule has 3 heteroatoms. The maximum atomic E-state index is 14.5. The molecule has 1 N–H and O–H groups in total. The van der Waals surface area contributed by atoms with E-state index in [0.29, 0.717) is 11.1 Å². The summed E-state index contributed by atoms with van der Waals surface area (Å²) < 4.78 is 14.5. The van der Waals surface area contributed by atoms with Crippen molar-refractivity contribution in [3.63, 3.8) is 0 Å². The van der Waals surface area contributed by atoms with Crippen molar-refractivity contribution < 1.29 is 9.50 Å². The van der Waals surface area contributed by atoms with E-state index < -0.39 is 0 Å². The van der Waals surface area contributed by atoms with Gasteiger partial charge in [-0.1, -0.05) is 30.3 Å². The number of hydrogen-bond acceptors (Lipinski definition) is 2. The van der Waals surface area contributed by atoms with Crippen molar-refractivity contribution >= 4 is 0 Å². The van der Waals surface area contributed by atoms with Gasteiger partial charge in [-0.2, -0.15) is 5.26 Å². The molecule has 0 fully saturated rings. The Hall–Kier alpha value is -3.12. The molecule has 0 aliphatic carbocycles. The molecule has 0 saturated heterocycles. The minimum atomic E-state index is -0.321. The van der Waals surface area contributed by atoms with Crippen molar-refractivity contribution in [2.75, 3.05) is 0 Å². The highest BCUT2D eigenvalue weighted by Gasteiger charge is 2.08. The molecule has 0 aromatic heterocycles. The Morgan fingerprint density at radius 1 is 0.870 bits per heavy atom. The number of aromatic hydroxyl groups is 1. The lowest BCUT2D eigenvalue weighted by atomic mass is 9.98. The van der Waals surface area contributed by atoms with Gasteiger partial charge < -0.3 is 5.11 Å². The average Bonchev–Trinajstić information content (AvgIpc) is 2.57. The van der Waals surface area contributed by atoms with Gasteiger partial charge in [0.1, 0.15) is 11.6 Å². The summed E-state index contributed by atoms with van der Waals surface area (Å²) in [6.07, 6.45) is 0. The minimum absolute atomic E-state index is 0.225. The Balaban J connectivity index is 2.00. The van der Waals surface area contributed by atoms with Gasteiger partial charge in [-0.05, 0) is 59.5 Å². The van der Waals surface area contributed by atoms with Crippen LogP contribution in [0.5, 0.6) is 5.75 Å². The van der Waals surface area contributed by atoms with Crippen molar-refractivity contribution in [3.8, 4) is 34.1 Å². The average molecular weight is 303 g/mol. The molecular formula is C20H14FNO. The van der Waals surface area contributed by atoms with Crippen LogP contribution in [-0.2, 0) is 0 Å². The summed E-state index contributed by atoms with van der Waals surface area (Å²) in [6.45, 7) is 1.81. The van der Waals surface area contributed by atoms with E-state index in [4.69, 9.17) is 5.26 Å². The van der Waals surface area contributed by atoms with E-state index in [2.05, 4.69) is 0 Å². The second-order valence-corrected chi connectivity index (χ2v) is 5.39. The lowest BCUT2D eigenvalue weighted by Gasteiger charge is -2.08. The number of phenols is 1. The maximum absolute atomic E-state index is 14.5. The standard InChI is InChI=1S/C20H14FNO/c1-13-10-16(7-9-20(13)23)17-6-8-18(19(21)11-17)15-4-2-14(12-22)3-5-15/h2-11,23H,1H3. The molecule has 0 saturated carbocycles. The van der Waals surface area contributed by atoms with Crippen LogP contribution in [-0.4, -0.2) is 5.11 Å². The van der Waals surface area contributed by atoms with Gasteiger partial charge in [-0.3, -0.25) is 0 Å². The van der Waals surface area contributed by atoms with Crippen LogP contribution >= 0.6 is 0 Å². The molecule has 3 rings (SSSR count). The van der Waals surface area contributed by atoms with E-state index in [-0.39, 0.29) is 11.6 Å². The molecule has 3 aromatic carbocycles. The molecule has 0 aliphatic rings. The van der Waals surface area contributed by atoms with E-state index >= 15 is 0 Å². The highest BCUT2D eigenvalue weighted by atomic mass is 19.1. The van der Waals surface area contributed by atoms with E-state index in [0.717, 1.165) is 22.3 Å². The lowest BCUT2D eigenvalue weighted by molar-refractivity contribution is 0.471. The molecule has 23 heavy (non-hydrogen) atoms. The van der Waals surface area contributed by atoms with Crippen LogP contribution in [0.2, 0.25) is 0 Å². The van der Waals surface area contributed by atoms with Crippen LogP contribution in [0.15, 0.2) is 60.7 Å². The highest BCUT2D eigenvalue weighted by molar-refractivity contribution is 5.72. The fraction of sp³-hybridized carbons (Fsp3) is 0.0500. The summed E-state index contributed by atoms with van der Waals surface area (Å²) >= 11 is 0.